The predicted molar refractivity (Wildman–Crippen MR) is 63.5 cm³/mol. The average Bonchev–Trinajstić information content (AvgIpc) is 2.73. The highest BCUT2D eigenvalue weighted by Crippen LogP contribution is 2.16. The highest BCUT2D eigenvalue weighted by Gasteiger charge is 1.99. The second-order valence-corrected chi connectivity index (χ2v) is 3.49. The zero-order valence-electron chi connectivity index (χ0n) is 8.59. The maximum Gasteiger partial charge on any atom is 0.0457 e. The van der Waals surface area contributed by atoms with E-state index in [1.165, 1.54) is 16.5 Å². The lowest BCUT2D eigenvalue weighted by Crippen LogP contribution is -2.14. The van der Waals surface area contributed by atoms with Crippen molar-refractivity contribution in [1.82, 2.24) is 10.3 Å². The molecule has 2 N–H and O–H groups in total. The molecule has 0 aliphatic rings. The summed E-state index contributed by atoms with van der Waals surface area (Å²) in [6.45, 7) is 1.74. The molecule has 0 saturated heterocycles. The van der Waals surface area contributed by atoms with Crippen LogP contribution in [-0.2, 0) is 6.54 Å². The highest BCUT2D eigenvalue weighted by atomic mass is 14.8. The molecule has 0 atom stereocenters. The van der Waals surface area contributed by atoms with E-state index in [2.05, 4.69) is 40.5 Å². The van der Waals surface area contributed by atoms with Crippen LogP contribution in [0.2, 0.25) is 0 Å². The molecule has 0 aliphatic heterocycles. The summed E-state index contributed by atoms with van der Waals surface area (Å²) in [7, 11) is 0. The van der Waals surface area contributed by atoms with Crippen LogP contribution in [0.4, 0.5) is 0 Å². The zero-order chi connectivity index (χ0) is 10.5. The second-order valence-electron chi connectivity index (χ2n) is 3.49. The SMILES string of the molecule is C#CCCNCc1cccc2[nH]ccc12. The number of nitrogens with one attached hydrogen (secondary N) is 2. The summed E-state index contributed by atoms with van der Waals surface area (Å²) in [5.74, 6) is 2.62. The lowest BCUT2D eigenvalue weighted by atomic mass is 10.1. The number of benzene rings is 1. The molecule has 2 aromatic rings. The van der Waals surface area contributed by atoms with Gasteiger partial charge in [0.15, 0.2) is 0 Å². The van der Waals surface area contributed by atoms with Crippen LogP contribution in [0.15, 0.2) is 30.5 Å². The van der Waals surface area contributed by atoms with Gasteiger partial charge in [-0.25, -0.2) is 0 Å². The van der Waals surface area contributed by atoms with Gasteiger partial charge in [-0.1, -0.05) is 12.1 Å². The molecule has 76 valence electrons. The number of H-pyrrole nitrogens is 1. The van der Waals surface area contributed by atoms with Crippen LogP contribution >= 0.6 is 0 Å². The minimum atomic E-state index is 0.781. The van der Waals surface area contributed by atoms with E-state index < -0.39 is 0 Å². The van der Waals surface area contributed by atoms with Gasteiger partial charge in [0.2, 0.25) is 0 Å². The van der Waals surface area contributed by atoms with Crippen LogP contribution in [0.25, 0.3) is 10.9 Å². The van der Waals surface area contributed by atoms with E-state index in [1.807, 2.05) is 6.20 Å². The Morgan fingerprint density at radius 1 is 1.33 bits per heavy atom. The van der Waals surface area contributed by atoms with Crippen LogP contribution in [0, 0.1) is 12.3 Å². The summed E-state index contributed by atoms with van der Waals surface area (Å²) in [6.07, 6.45) is 7.94. The second kappa shape index (κ2) is 4.68. The van der Waals surface area contributed by atoms with E-state index in [0.717, 1.165) is 19.5 Å². The van der Waals surface area contributed by atoms with Crippen molar-refractivity contribution in [2.24, 2.45) is 0 Å². The van der Waals surface area contributed by atoms with Crippen molar-refractivity contribution in [1.29, 1.82) is 0 Å². The Balaban J connectivity index is 2.08. The quantitative estimate of drug-likeness (QED) is 0.572. The van der Waals surface area contributed by atoms with Gasteiger partial charge >= 0.3 is 0 Å². The molecule has 1 heterocycles. The molecule has 0 fully saturated rings. The van der Waals surface area contributed by atoms with E-state index in [4.69, 9.17) is 6.42 Å². The van der Waals surface area contributed by atoms with Gasteiger partial charge in [-0.3, -0.25) is 0 Å². The van der Waals surface area contributed by atoms with Crippen LogP contribution in [0.5, 0.6) is 0 Å². The maximum atomic E-state index is 5.19. The van der Waals surface area contributed by atoms with Crippen LogP contribution < -0.4 is 5.32 Å². The molecule has 0 bridgehead atoms. The topological polar surface area (TPSA) is 27.8 Å². The molecule has 2 rings (SSSR count). The summed E-state index contributed by atoms with van der Waals surface area (Å²) < 4.78 is 0. The van der Waals surface area contributed by atoms with Gasteiger partial charge < -0.3 is 10.3 Å². The van der Waals surface area contributed by atoms with Crippen molar-refractivity contribution in [3.8, 4) is 12.3 Å². The van der Waals surface area contributed by atoms with Crippen molar-refractivity contribution in [2.75, 3.05) is 6.54 Å². The number of fused-ring (bicyclic) bond motifs is 1. The molecular formula is C13H14N2. The van der Waals surface area contributed by atoms with Crippen molar-refractivity contribution in [2.45, 2.75) is 13.0 Å². The fourth-order valence-electron chi connectivity index (χ4n) is 1.69. The minimum absolute atomic E-state index is 0.781. The normalized spacial score (nSPS) is 10.3. The standard InChI is InChI=1S/C13H14N2/c1-2-3-8-14-10-11-5-4-6-13-12(11)7-9-15-13/h1,4-7,9,14-15H,3,8,10H2. The number of terminal acetylenes is 1. The monoisotopic (exact) mass is 198 g/mol. The fourth-order valence-corrected chi connectivity index (χ4v) is 1.69. The summed E-state index contributed by atoms with van der Waals surface area (Å²) >= 11 is 0. The number of aromatic amines is 1. The Hall–Kier alpha value is -1.72. The molecule has 1 aromatic carbocycles. The van der Waals surface area contributed by atoms with Gasteiger partial charge in [-0.2, -0.15) is 0 Å². The van der Waals surface area contributed by atoms with Crippen molar-refractivity contribution in [3.63, 3.8) is 0 Å². The predicted octanol–water partition coefficient (Wildman–Crippen LogP) is 2.28. The summed E-state index contributed by atoms with van der Waals surface area (Å²) in [4.78, 5) is 3.20. The van der Waals surface area contributed by atoms with Gasteiger partial charge in [-0.15, -0.1) is 12.3 Å². The smallest absolute Gasteiger partial charge is 0.0457 e. The first-order valence-electron chi connectivity index (χ1n) is 5.11. The molecule has 0 saturated carbocycles. The third kappa shape index (κ3) is 2.20. The van der Waals surface area contributed by atoms with Gasteiger partial charge in [0, 0.05) is 36.6 Å². The first-order chi connectivity index (χ1) is 7.42. The Morgan fingerprint density at radius 2 is 2.27 bits per heavy atom. The first-order valence-corrected chi connectivity index (χ1v) is 5.11. The zero-order valence-corrected chi connectivity index (χ0v) is 8.59. The van der Waals surface area contributed by atoms with Crippen molar-refractivity contribution >= 4 is 10.9 Å². The largest absolute Gasteiger partial charge is 0.361 e. The van der Waals surface area contributed by atoms with E-state index in [-0.39, 0.29) is 0 Å². The lowest BCUT2D eigenvalue weighted by Gasteiger charge is -2.04. The molecule has 0 aliphatic carbocycles. The first kappa shape index (κ1) is 9.82. The van der Waals surface area contributed by atoms with E-state index >= 15 is 0 Å². The molecular weight excluding hydrogens is 184 g/mol. The van der Waals surface area contributed by atoms with Gasteiger partial charge in [-0.05, 0) is 17.7 Å². The summed E-state index contributed by atoms with van der Waals surface area (Å²) in [5, 5.41) is 4.61. The maximum absolute atomic E-state index is 5.19. The van der Waals surface area contributed by atoms with Gasteiger partial charge in [0.25, 0.3) is 0 Å². The number of hydrogen-bond donors (Lipinski definition) is 2. The lowest BCUT2D eigenvalue weighted by molar-refractivity contribution is 0.704. The Morgan fingerprint density at radius 3 is 3.13 bits per heavy atom. The van der Waals surface area contributed by atoms with Gasteiger partial charge in [0.05, 0.1) is 0 Å². The molecule has 1 aromatic heterocycles. The Kier molecular flexibility index (Phi) is 3.06. The molecule has 2 nitrogen and oxygen atoms in total. The molecule has 2 heteroatoms. The van der Waals surface area contributed by atoms with Crippen LogP contribution in [-0.4, -0.2) is 11.5 Å². The fraction of sp³-hybridized carbons (Fsp3) is 0.231. The average molecular weight is 198 g/mol. The molecule has 15 heavy (non-hydrogen) atoms. The van der Waals surface area contributed by atoms with Crippen LogP contribution in [0.3, 0.4) is 0 Å². The summed E-state index contributed by atoms with van der Waals surface area (Å²) in [5.41, 5.74) is 2.50. The number of hydrogen-bond acceptors (Lipinski definition) is 1. The number of aromatic nitrogens is 1. The van der Waals surface area contributed by atoms with Crippen molar-refractivity contribution in [3.05, 3.63) is 36.0 Å². The molecule has 0 unspecified atom stereocenters. The van der Waals surface area contributed by atoms with Crippen LogP contribution in [0.1, 0.15) is 12.0 Å². The van der Waals surface area contributed by atoms with Gasteiger partial charge in [0.1, 0.15) is 0 Å². The minimum Gasteiger partial charge on any atom is -0.361 e. The van der Waals surface area contributed by atoms with E-state index in [9.17, 15) is 0 Å². The van der Waals surface area contributed by atoms with E-state index in [1.54, 1.807) is 0 Å². The van der Waals surface area contributed by atoms with E-state index in [0.29, 0.717) is 0 Å². The Labute approximate surface area is 89.7 Å². The summed E-state index contributed by atoms with van der Waals surface area (Å²) in [6, 6.07) is 8.39. The highest BCUT2D eigenvalue weighted by molar-refractivity contribution is 5.82. The molecule has 0 amide bonds. The Bertz CT molecular complexity index is 476. The molecule has 0 radical (unpaired) electrons. The third-order valence-corrected chi connectivity index (χ3v) is 2.45. The van der Waals surface area contributed by atoms with Crippen molar-refractivity contribution < 1.29 is 0 Å². The third-order valence-electron chi connectivity index (χ3n) is 2.45. The number of rotatable bonds is 4. The molecule has 0 spiro atoms.